The smallest absolute Gasteiger partial charge is 0.407 e. The van der Waals surface area contributed by atoms with E-state index in [0.717, 1.165) is 12.8 Å². The number of carbonyl (C=O) groups is 1. The van der Waals surface area contributed by atoms with Gasteiger partial charge in [-0.1, -0.05) is 18.6 Å². The summed E-state index contributed by atoms with van der Waals surface area (Å²) in [6.45, 7) is 12.6. The third-order valence-electron chi connectivity index (χ3n) is 2.21. The van der Waals surface area contributed by atoms with Crippen LogP contribution in [0.25, 0.3) is 0 Å². The molecule has 1 amide bonds. The maximum absolute atomic E-state index is 11.4. The molecule has 100 valence electrons. The summed E-state index contributed by atoms with van der Waals surface area (Å²) in [4.78, 5) is 11.4. The molecular weight excluding hydrogens is 214 g/mol. The molecular formula is C14H27NO2. The van der Waals surface area contributed by atoms with Crippen LogP contribution in [0.15, 0.2) is 11.6 Å². The molecule has 0 aromatic rings. The minimum absolute atomic E-state index is 0.327. The largest absolute Gasteiger partial charge is 0.444 e. The van der Waals surface area contributed by atoms with Crippen molar-refractivity contribution >= 4 is 6.09 Å². The summed E-state index contributed by atoms with van der Waals surface area (Å²) in [6, 6.07) is 0. The van der Waals surface area contributed by atoms with Crippen molar-refractivity contribution in [3.05, 3.63) is 11.6 Å². The molecule has 0 aliphatic heterocycles. The molecule has 0 aliphatic carbocycles. The number of hydrogen-bond acceptors (Lipinski definition) is 2. The first-order chi connectivity index (χ1) is 7.70. The van der Waals surface area contributed by atoms with Crippen molar-refractivity contribution < 1.29 is 9.53 Å². The van der Waals surface area contributed by atoms with Gasteiger partial charge in [0.2, 0.25) is 0 Å². The molecule has 0 heterocycles. The Morgan fingerprint density at radius 1 is 1.35 bits per heavy atom. The lowest BCUT2D eigenvalue weighted by atomic mass is 10.0. The lowest BCUT2D eigenvalue weighted by Gasteiger charge is -2.20. The van der Waals surface area contributed by atoms with Crippen LogP contribution in [0.5, 0.6) is 0 Å². The van der Waals surface area contributed by atoms with Crippen molar-refractivity contribution in [1.29, 1.82) is 0 Å². The first-order valence-corrected chi connectivity index (χ1v) is 6.31. The van der Waals surface area contributed by atoms with Gasteiger partial charge in [0.1, 0.15) is 5.60 Å². The fraction of sp³-hybridized carbons (Fsp3) is 0.786. The number of carbonyl (C=O) groups excluding carboxylic acids is 1. The van der Waals surface area contributed by atoms with E-state index in [-0.39, 0.29) is 6.09 Å². The topological polar surface area (TPSA) is 38.3 Å². The van der Waals surface area contributed by atoms with Gasteiger partial charge in [0, 0.05) is 6.54 Å². The van der Waals surface area contributed by atoms with E-state index in [1.807, 2.05) is 20.8 Å². The summed E-state index contributed by atoms with van der Waals surface area (Å²) < 4.78 is 5.17. The molecule has 3 nitrogen and oxygen atoms in total. The number of allylic oxidation sites excluding steroid dienone is 2. The van der Waals surface area contributed by atoms with E-state index in [4.69, 9.17) is 4.74 Å². The molecule has 0 rings (SSSR count). The highest BCUT2D eigenvalue weighted by Gasteiger charge is 2.16. The fourth-order valence-corrected chi connectivity index (χ4v) is 1.33. The Hall–Kier alpha value is -0.990. The number of hydrogen-bond donors (Lipinski definition) is 1. The Bertz CT molecular complexity index is 260. The van der Waals surface area contributed by atoms with Crippen LogP contribution in [0.2, 0.25) is 0 Å². The lowest BCUT2D eigenvalue weighted by molar-refractivity contribution is 0.0520. The second-order valence-corrected chi connectivity index (χ2v) is 5.85. The summed E-state index contributed by atoms with van der Waals surface area (Å²) in [5, 5.41) is 2.80. The molecule has 0 unspecified atom stereocenters. The standard InChI is InChI=1S/C14H27NO2/c1-11(2)8-7-9-12(3)10-15-13(16)17-14(4,5)6/h8,12H,7,9-10H2,1-6H3,(H,15,16)/t12-/m1/s1. The summed E-state index contributed by atoms with van der Waals surface area (Å²) in [7, 11) is 0. The van der Waals surface area contributed by atoms with Crippen molar-refractivity contribution in [2.45, 2.75) is 60.0 Å². The zero-order chi connectivity index (χ0) is 13.5. The van der Waals surface area contributed by atoms with Crippen LogP contribution in [-0.2, 0) is 4.74 Å². The molecule has 17 heavy (non-hydrogen) atoms. The Labute approximate surface area is 106 Å². The monoisotopic (exact) mass is 241 g/mol. The first-order valence-electron chi connectivity index (χ1n) is 6.31. The molecule has 0 aliphatic rings. The van der Waals surface area contributed by atoms with Gasteiger partial charge in [0.15, 0.2) is 0 Å². The summed E-state index contributed by atoms with van der Waals surface area (Å²) in [5.41, 5.74) is 0.923. The second-order valence-electron chi connectivity index (χ2n) is 5.85. The molecule has 1 atom stereocenters. The molecule has 1 N–H and O–H groups in total. The molecule has 0 bridgehead atoms. The van der Waals surface area contributed by atoms with E-state index < -0.39 is 5.60 Å². The molecule has 0 saturated carbocycles. The molecule has 0 saturated heterocycles. The van der Waals surface area contributed by atoms with Crippen molar-refractivity contribution in [2.24, 2.45) is 5.92 Å². The molecule has 0 radical (unpaired) electrons. The summed E-state index contributed by atoms with van der Waals surface area (Å²) >= 11 is 0. The normalized spacial score (nSPS) is 12.8. The number of rotatable bonds is 5. The van der Waals surface area contributed by atoms with E-state index in [9.17, 15) is 4.79 Å². The van der Waals surface area contributed by atoms with E-state index in [1.54, 1.807) is 0 Å². The van der Waals surface area contributed by atoms with Gasteiger partial charge in [-0.05, 0) is 53.4 Å². The van der Waals surface area contributed by atoms with E-state index in [1.165, 1.54) is 5.57 Å². The SMILES string of the molecule is CC(C)=CCC[C@@H](C)CNC(=O)OC(C)(C)C. The van der Waals surface area contributed by atoms with E-state index in [2.05, 4.69) is 32.2 Å². The van der Waals surface area contributed by atoms with Crippen LogP contribution in [0.4, 0.5) is 4.79 Å². The van der Waals surface area contributed by atoms with Crippen LogP contribution in [0.1, 0.15) is 54.4 Å². The molecule has 0 fully saturated rings. The zero-order valence-electron chi connectivity index (χ0n) is 12.1. The Kier molecular flexibility index (Phi) is 6.93. The quantitative estimate of drug-likeness (QED) is 0.741. The number of nitrogens with one attached hydrogen (secondary N) is 1. The van der Waals surface area contributed by atoms with Gasteiger partial charge in [0.25, 0.3) is 0 Å². The highest BCUT2D eigenvalue weighted by atomic mass is 16.6. The van der Waals surface area contributed by atoms with Crippen molar-refractivity contribution in [3.63, 3.8) is 0 Å². The van der Waals surface area contributed by atoms with E-state index >= 15 is 0 Å². The maximum Gasteiger partial charge on any atom is 0.407 e. The number of amides is 1. The van der Waals surface area contributed by atoms with Gasteiger partial charge in [-0.25, -0.2) is 4.79 Å². The Morgan fingerprint density at radius 2 is 1.94 bits per heavy atom. The molecule has 0 aromatic carbocycles. The highest BCUT2D eigenvalue weighted by Crippen LogP contribution is 2.09. The van der Waals surface area contributed by atoms with Crippen LogP contribution < -0.4 is 5.32 Å². The van der Waals surface area contributed by atoms with Crippen molar-refractivity contribution in [1.82, 2.24) is 5.32 Å². The van der Waals surface area contributed by atoms with Gasteiger partial charge >= 0.3 is 6.09 Å². The van der Waals surface area contributed by atoms with Crippen molar-refractivity contribution in [3.8, 4) is 0 Å². The highest BCUT2D eigenvalue weighted by molar-refractivity contribution is 5.67. The molecule has 3 heteroatoms. The summed E-state index contributed by atoms with van der Waals surface area (Å²) in [6.07, 6.45) is 4.05. The minimum atomic E-state index is -0.421. The van der Waals surface area contributed by atoms with Crippen LogP contribution in [0, 0.1) is 5.92 Å². The van der Waals surface area contributed by atoms with Gasteiger partial charge in [-0.3, -0.25) is 0 Å². The maximum atomic E-state index is 11.4. The predicted octanol–water partition coefficient (Wildman–Crippen LogP) is 3.89. The summed E-state index contributed by atoms with van der Waals surface area (Å²) in [5.74, 6) is 0.470. The third kappa shape index (κ3) is 11.3. The lowest BCUT2D eigenvalue weighted by Crippen LogP contribution is -2.34. The average molecular weight is 241 g/mol. The van der Waals surface area contributed by atoms with E-state index in [0.29, 0.717) is 12.5 Å². The average Bonchev–Trinajstić information content (AvgIpc) is 2.11. The van der Waals surface area contributed by atoms with Gasteiger partial charge in [0.05, 0.1) is 0 Å². The molecule has 0 spiro atoms. The van der Waals surface area contributed by atoms with Crippen molar-refractivity contribution in [2.75, 3.05) is 6.54 Å². The van der Waals surface area contributed by atoms with Gasteiger partial charge in [-0.15, -0.1) is 0 Å². The fourth-order valence-electron chi connectivity index (χ4n) is 1.33. The van der Waals surface area contributed by atoms with Gasteiger partial charge < -0.3 is 10.1 Å². The third-order valence-corrected chi connectivity index (χ3v) is 2.21. The van der Waals surface area contributed by atoms with Crippen LogP contribution in [-0.4, -0.2) is 18.2 Å². The predicted molar refractivity (Wildman–Crippen MR) is 72.1 cm³/mol. The van der Waals surface area contributed by atoms with Crippen LogP contribution >= 0.6 is 0 Å². The Morgan fingerprint density at radius 3 is 2.41 bits per heavy atom. The minimum Gasteiger partial charge on any atom is -0.444 e. The van der Waals surface area contributed by atoms with Gasteiger partial charge in [-0.2, -0.15) is 0 Å². The Balaban J connectivity index is 3.73. The number of ether oxygens (including phenoxy) is 1. The number of alkyl carbamates (subject to hydrolysis) is 1. The van der Waals surface area contributed by atoms with Crippen LogP contribution in [0.3, 0.4) is 0 Å². The first kappa shape index (κ1) is 16.0. The second kappa shape index (κ2) is 7.36. The molecule has 0 aromatic heterocycles. The zero-order valence-corrected chi connectivity index (χ0v) is 12.1.